The van der Waals surface area contributed by atoms with Gasteiger partial charge in [-0.3, -0.25) is 11.3 Å². The van der Waals surface area contributed by atoms with E-state index in [4.69, 9.17) is 12.3 Å². The predicted octanol–water partition coefficient (Wildman–Crippen LogP) is 2.36. The van der Waals surface area contributed by atoms with Crippen LogP contribution in [0.1, 0.15) is 36.4 Å². The second-order valence-corrected chi connectivity index (χ2v) is 4.07. The van der Waals surface area contributed by atoms with Gasteiger partial charge in [-0.05, 0) is 41.7 Å². The number of nitrogens with one attached hydrogen (secondary N) is 1. The van der Waals surface area contributed by atoms with E-state index in [1.165, 1.54) is 11.1 Å². The Morgan fingerprint density at radius 1 is 1.64 bits per heavy atom. The molecular weight excluding hydrogens is 192 g/mol. The fourth-order valence-corrected chi connectivity index (χ4v) is 2.37. The first-order chi connectivity index (χ1) is 6.79. The summed E-state index contributed by atoms with van der Waals surface area (Å²) in [5.41, 5.74) is 5.45. The fourth-order valence-electron chi connectivity index (χ4n) is 1.46. The second-order valence-electron chi connectivity index (χ2n) is 3.33. The molecule has 1 heterocycles. The van der Waals surface area contributed by atoms with Crippen LogP contribution in [-0.2, 0) is 0 Å². The van der Waals surface area contributed by atoms with E-state index in [-0.39, 0.29) is 6.04 Å². The van der Waals surface area contributed by atoms with Gasteiger partial charge < -0.3 is 0 Å². The standard InChI is InChI=1S/C11H16N2S/c1-3-4-5-6-11(13-12)10-8-14-7-9(10)2/h1,7-8,11,13H,4-6,12H2,2H3. The summed E-state index contributed by atoms with van der Waals surface area (Å²) in [4.78, 5) is 0. The minimum atomic E-state index is 0.245. The summed E-state index contributed by atoms with van der Waals surface area (Å²) in [6.07, 6.45) is 8.04. The highest BCUT2D eigenvalue weighted by Gasteiger charge is 2.11. The Balaban J connectivity index is 2.55. The molecule has 0 aliphatic heterocycles. The molecule has 2 nitrogen and oxygen atoms in total. The van der Waals surface area contributed by atoms with Crippen molar-refractivity contribution in [1.82, 2.24) is 5.43 Å². The van der Waals surface area contributed by atoms with Crippen LogP contribution >= 0.6 is 11.3 Å². The Kier molecular flexibility index (Phi) is 4.68. The first-order valence-corrected chi connectivity index (χ1v) is 5.66. The van der Waals surface area contributed by atoms with Crippen LogP contribution in [0.2, 0.25) is 0 Å². The molecule has 14 heavy (non-hydrogen) atoms. The lowest BCUT2D eigenvalue weighted by atomic mass is 10.0. The molecule has 3 heteroatoms. The molecule has 0 bridgehead atoms. The van der Waals surface area contributed by atoms with Crippen molar-refractivity contribution in [2.45, 2.75) is 32.2 Å². The molecule has 1 aromatic heterocycles. The van der Waals surface area contributed by atoms with Gasteiger partial charge in [0, 0.05) is 12.5 Å². The first kappa shape index (κ1) is 11.3. The molecule has 0 saturated heterocycles. The van der Waals surface area contributed by atoms with Crippen molar-refractivity contribution in [3.05, 3.63) is 21.9 Å². The van der Waals surface area contributed by atoms with Crippen molar-refractivity contribution < 1.29 is 0 Å². The Morgan fingerprint density at radius 3 is 2.93 bits per heavy atom. The molecule has 0 aliphatic rings. The number of rotatable bonds is 5. The zero-order valence-electron chi connectivity index (χ0n) is 8.42. The topological polar surface area (TPSA) is 38.0 Å². The van der Waals surface area contributed by atoms with Crippen LogP contribution in [-0.4, -0.2) is 0 Å². The van der Waals surface area contributed by atoms with Crippen molar-refractivity contribution in [3.63, 3.8) is 0 Å². The number of unbranched alkanes of at least 4 members (excludes halogenated alkanes) is 1. The van der Waals surface area contributed by atoms with Gasteiger partial charge >= 0.3 is 0 Å². The summed E-state index contributed by atoms with van der Waals surface area (Å²) >= 11 is 1.71. The number of hydrazine groups is 1. The number of hydrogen-bond acceptors (Lipinski definition) is 3. The third-order valence-corrected chi connectivity index (χ3v) is 3.17. The Hall–Kier alpha value is -0.820. The lowest BCUT2D eigenvalue weighted by molar-refractivity contribution is 0.502. The molecule has 0 aliphatic carbocycles. The van der Waals surface area contributed by atoms with Crippen LogP contribution in [0.3, 0.4) is 0 Å². The molecule has 0 radical (unpaired) electrons. The molecule has 1 aromatic rings. The van der Waals surface area contributed by atoms with Gasteiger partial charge in [-0.15, -0.1) is 12.3 Å². The molecule has 76 valence electrons. The minimum Gasteiger partial charge on any atom is -0.271 e. The second kappa shape index (κ2) is 5.82. The van der Waals surface area contributed by atoms with E-state index >= 15 is 0 Å². The average molecular weight is 208 g/mol. The van der Waals surface area contributed by atoms with Gasteiger partial charge in [-0.1, -0.05) is 0 Å². The van der Waals surface area contributed by atoms with Crippen molar-refractivity contribution in [2.75, 3.05) is 0 Å². The molecule has 0 spiro atoms. The summed E-state index contributed by atoms with van der Waals surface area (Å²) in [6.45, 7) is 2.11. The van der Waals surface area contributed by atoms with Crippen LogP contribution in [0.4, 0.5) is 0 Å². The quantitative estimate of drug-likeness (QED) is 0.337. The molecule has 3 N–H and O–H groups in total. The number of aryl methyl sites for hydroxylation is 1. The Morgan fingerprint density at radius 2 is 2.43 bits per heavy atom. The lowest BCUT2D eigenvalue weighted by Crippen LogP contribution is -2.28. The van der Waals surface area contributed by atoms with Gasteiger partial charge in [-0.2, -0.15) is 11.3 Å². The Labute approximate surface area is 89.5 Å². The van der Waals surface area contributed by atoms with Gasteiger partial charge in [0.2, 0.25) is 0 Å². The molecule has 1 rings (SSSR count). The van der Waals surface area contributed by atoms with Gasteiger partial charge in [0.05, 0.1) is 0 Å². The lowest BCUT2D eigenvalue weighted by Gasteiger charge is -2.15. The highest BCUT2D eigenvalue weighted by atomic mass is 32.1. The molecule has 0 saturated carbocycles. The van der Waals surface area contributed by atoms with E-state index in [0.29, 0.717) is 0 Å². The summed E-state index contributed by atoms with van der Waals surface area (Å²) in [5.74, 6) is 8.16. The van der Waals surface area contributed by atoms with Gasteiger partial charge in [0.25, 0.3) is 0 Å². The van der Waals surface area contributed by atoms with Crippen LogP contribution in [0.5, 0.6) is 0 Å². The maximum absolute atomic E-state index is 5.52. The summed E-state index contributed by atoms with van der Waals surface area (Å²) in [6, 6.07) is 0.245. The zero-order chi connectivity index (χ0) is 10.4. The highest BCUT2D eigenvalue weighted by molar-refractivity contribution is 7.08. The molecular formula is C11H16N2S. The number of thiophene rings is 1. The van der Waals surface area contributed by atoms with Crippen molar-refractivity contribution in [1.29, 1.82) is 0 Å². The number of hydrogen-bond donors (Lipinski definition) is 2. The smallest absolute Gasteiger partial charge is 0.0471 e. The number of nitrogens with two attached hydrogens (primary N) is 1. The minimum absolute atomic E-state index is 0.245. The maximum atomic E-state index is 5.52. The van der Waals surface area contributed by atoms with Crippen molar-refractivity contribution >= 4 is 11.3 Å². The van der Waals surface area contributed by atoms with Crippen molar-refractivity contribution in [2.24, 2.45) is 5.84 Å². The molecule has 0 fully saturated rings. The fraction of sp³-hybridized carbons (Fsp3) is 0.455. The van der Waals surface area contributed by atoms with Gasteiger partial charge in [0.1, 0.15) is 0 Å². The first-order valence-electron chi connectivity index (χ1n) is 4.72. The average Bonchev–Trinajstić information content (AvgIpc) is 2.60. The normalized spacial score (nSPS) is 12.4. The monoisotopic (exact) mass is 208 g/mol. The van der Waals surface area contributed by atoms with E-state index in [0.717, 1.165) is 19.3 Å². The summed E-state index contributed by atoms with van der Waals surface area (Å²) in [5, 5.41) is 4.29. The van der Waals surface area contributed by atoms with E-state index in [1.807, 2.05) is 0 Å². The molecule has 0 amide bonds. The van der Waals surface area contributed by atoms with Gasteiger partial charge in [-0.25, -0.2) is 0 Å². The SMILES string of the molecule is C#CCCCC(NN)c1cscc1C. The van der Waals surface area contributed by atoms with Crippen LogP contribution in [0, 0.1) is 19.3 Å². The predicted molar refractivity (Wildman–Crippen MR) is 61.8 cm³/mol. The third-order valence-electron chi connectivity index (χ3n) is 2.29. The van der Waals surface area contributed by atoms with E-state index in [9.17, 15) is 0 Å². The molecule has 1 atom stereocenters. The van der Waals surface area contributed by atoms with E-state index in [2.05, 4.69) is 29.0 Å². The zero-order valence-corrected chi connectivity index (χ0v) is 9.23. The molecule has 0 aromatic carbocycles. The Bertz CT molecular complexity index is 311. The largest absolute Gasteiger partial charge is 0.271 e. The van der Waals surface area contributed by atoms with Crippen LogP contribution in [0.15, 0.2) is 10.8 Å². The summed E-state index contributed by atoms with van der Waals surface area (Å²) < 4.78 is 0. The van der Waals surface area contributed by atoms with E-state index in [1.54, 1.807) is 11.3 Å². The van der Waals surface area contributed by atoms with Crippen LogP contribution in [0.25, 0.3) is 0 Å². The van der Waals surface area contributed by atoms with Gasteiger partial charge in [0.15, 0.2) is 0 Å². The highest BCUT2D eigenvalue weighted by Crippen LogP contribution is 2.24. The third kappa shape index (κ3) is 2.85. The number of terminal acetylenes is 1. The maximum Gasteiger partial charge on any atom is 0.0471 e. The van der Waals surface area contributed by atoms with E-state index < -0.39 is 0 Å². The van der Waals surface area contributed by atoms with Crippen molar-refractivity contribution in [3.8, 4) is 12.3 Å². The molecule has 1 unspecified atom stereocenters. The van der Waals surface area contributed by atoms with Crippen LogP contribution < -0.4 is 11.3 Å². The summed E-state index contributed by atoms with van der Waals surface area (Å²) in [7, 11) is 0.